The second-order valence-corrected chi connectivity index (χ2v) is 8.08. The van der Waals surface area contributed by atoms with Crippen LogP contribution >= 0.6 is 0 Å². The molecule has 0 amide bonds. The van der Waals surface area contributed by atoms with Gasteiger partial charge in [0.25, 0.3) is 0 Å². The van der Waals surface area contributed by atoms with Crippen molar-refractivity contribution >= 4 is 35.7 Å². The number of anilines is 6. The van der Waals surface area contributed by atoms with Crippen molar-refractivity contribution in [2.75, 3.05) is 53.0 Å². The second kappa shape index (κ2) is 10.1. The minimum atomic E-state index is 0.0714. The third-order valence-corrected chi connectivity index (χ3v) is 5.40. The predicted octanol–water partition coefficient (Wildman–Crippen LogP) is 0.960. The predicted molar refractivity (Wildman–Crippen MR) is 134 cm³/mol. The summed E-state index contributed by atoms with van der Waals surface area (Å²) in [6.07, 6.45) is 6.14. The van der Waals surface area contributed by atoms with Gasteiger partial charge in [-0.05, 0) is 24.1 Å². The molecule has 4 rings (SSSR count). The van der Waals surface area contributed by atoms with E-state index in [1.54, 1.807) is 6.26 Å². The van der Waals surface area contributed by atoms with Gasteiger partial charge in [-0.15, -0.1) is 0 Å². The lowest BCUT2D eigenvalue weighted by Gasteiger charge is -2.19. The van der Waals surface area contributed by atoms with Crippen LogP contribution in [0.5, 0.6) is 0 Å². The van der Waals surface area contributed by atoms with Gasteiger partial charge in [-0.25, -0.2) is 0 Å². The quantitative estimate of drug-likeness (QED) is 0.215. The zero-order chi connectivity index (χ0) is 24.9. The number of H-pyrrole nitrogens is 1. The van der Waals surface area contributed by atoms with E-state index < -0.39 is 0 Å². The Labute approximate surface area is 202 Å². The fourth-order valence-corrected chi connectivity index (χ4v) is 3.46. The summed E-state index contributed by atoms with van der Waals surface area (Å²) < 4.78 is 5.72. The molecule has 0 aromatic carbocycles. The molecule has 14 heteroatoms. The van der Waals surface area contributed by atoms with Crippen molar-refractivity contribution in [1.29, 1.82) is 0 Å². The molecule has 4 aromatic heterocycles. The fourth-order valence-electron chi connectivity index (χ4n) is 3.46. The number of nitrogens with one attached hydrogen (secondary N) is 2. The first-order valence-electron chi connectivity index (χ1n) is 10.9. The molecule has 8 N–H and O–H groups in total. The normalized spacial score (nSPS) is 10.9. The molecule has 0 saturated heterocycles. The number of likely N-dealkylation sites (N-methyl/N-ethyl adjacent to an activating group) is 1. The van der Waals surface area contributed by atoms with Crippen LogP contribution in [0.1, 0.15) is 22.5 Å². The Morgan fingerprint density at radius 1 is 0.886 bits per heavy atom. The van der Waals surface area contributed by atoms with Gasteiger partial charge in [-0.2, -0.15) is 29.9 Å². The van der Waals surface area contributed by atoms with Crippen molar-refractivity contribution < 1.29 is 4.42 Å². The number of aryl methyl sites for hydroxylation is 1. The lowest BCUT2D eigenvalue weighted by molar-refractivity contribution is 0.503. The molecule has 0 bridgehead atoms. The number of nitrogens with zero attached hydrogens (tertiary/aromatic N) is 8. The lowest BCUT2D eigenvalue weighted by Crippen LogP contribution is -2.25. The number of nitrogen functional groups attached to an aromatic ring is 3. The SMILES string of the molecule is Cc1c[nH]cc1CNc1nc(N)nc(N(C)CCc2occc2CN(C)c2nc(N)nc(N)n2)n1. The van der Waals surface area contributed by atoms with Crippen molar-refractivity contribution in [1.82, 2.24) is 34.9 Å². The minimum absolute atomic E-state index is 0.0714. The van der Waals surface area contributed by atoms with E-state index in [9.17, 15) is 0 Å². The molecule has 0 aliphatic carbocycles. The fraction of sp³-hybridized carbons (Fsp3) is 0.333. The lowest BCUT2D eigenvalue weighted by atomic mass is 10.2. The third-order valence-electron chi connectivity index (χ3n) is 5.40. The molecule has 0 unspecified atom stereocenters. The number of aromatic nitrogens is 7. The standard InChI is InChI=1S/C21H29N13O/c1-12-8-25-9-14(12)10-26-19-28-18(24)31-21(32-19)33(2)6-4-15-13(5-7-35-15)11-34(3)20-29-16(22)27-17(23)30-20/h5,7-9,25H,4,6,10-11H2,1-3H3,(H4,22,23,27,29,30)(H3,24,26,28,31,32). The van der Waals surface area contributed by atoms with Crippen molar-refractivity contribution in [3.63, 3.8) is 0 Å². The summed E-state index contributed by atoms with van der Waals surface area (Å²) in [5, 5.41) is 3.20. The summed E-state index contributed by atoms with van der Waals surface area (Å²) in [6.45, 7) is 3.70. The maximum absolute atomic E-state index is 5.93. The number of rotatable bonds is 10. The molecule has 0 fully saturated rings. The first-order valence-corrected chi connectivity index (χ1v) is 10.9. The van der Waals surface area contributed by atoms with Crippen molar-refractivity contribution in [3.05, 3.63) is 47.2 Å². The Kier molecular flexibility index (Phi) is 6.80. The van der Waals surface area contributed by atoms with Gasteiger partial charge in [0.05, 0.1) is 6.26 Å². The van der Waals surface area contributed by atoms with Gasteiger partial charge < -0.3 is 41.7 Å². The van der Waals surface area contributed by atoms with E-state index in [1.807, 2.05) is 49.3 Å². The number of hydrogen-bond donors (Lipinski definition) is 5. The van der Waals surface area contributed by atoms with Crippen LogP contribution in [0.3, 0.4) is 0 Å². The van der Waals surface area contributed by atoms with Crippen molar-refractivity contribution in [2.45, 2.75) is 26.4 Å². The molecule has 14 nitrogen and oxygen atoms in total. The highest BCUT2D eigenvalue weighted by Crippen LogP contribution is 2.19. The van der Waals surface area contributed by atoms with Crippen LogP contribution in [0.2, 0.25) is 0 Å². The van der Waals surface area contributed by atoms with Crippen LogP contribution in [-0.2, 0) is 19.5 Å². The molecule has 184 valence electrons. The molecule has 0 atom stereocenters. The minimum Gasteiger partial charge on any atom is -0.469 e. The van der Waals surface area contributed by atoms with Crippen LogP contribution < -0.4 is 32.3 Å². The molecule has 0 radical (unpaired) electrons. The number of nitrogens with two attached hydrogens (primary N) is 3. The van der Waals surface area contributed by atoms with Crippen molar-refractivity contribution in [3.8, 4) is 0 Å². The van der Waals surface area contributed by atoms with E-state index >= 15 is 0 Å². The van der Waals surface area contributed by atoms with Gasteiger partial charge in [0.15, 0.2) is 0 Å². The average molecular weight is 480 g/mol. The van der Waals surface area contributed by atoms with Gasteiger partial charge in [0, 0.05) is 58.1 Å². The highest BCUT2D eigenvalue weighted by molar-refractivity contribution is 5.43. The second-order valence-electron chi connectivity index (χ2n) is 8.08. The average Bonchev–Trinajstić information content (AvgIpc) is 3.43. The monoisotopic (exact) mass is 479 g/mol. The Bertz CT molecular complexity index is 1260. The van der Waals surface area contributed by atoms with E-state index in [1.165, 1.54) is 0 Å². The molecular weight excluding hydrogens is 450 g/mol. The van der Waals surface area contributed by atoms with Crippen LogP contribution in [-0.4, -0.2) is 55.5 Å². The molecule has 0 spiro atoms. The molecule has 4 aromatic rings. The number of furan rings is 1. The summed E-state index contributed by atoms with van der Waals surface area (Å²) in [5.41, 5.74) is 20.6. The van der Waals surface area contributed by atoms with E-state index in [0.29, 0.717) is 43.9 Å². The topological polar surface area (TPSA) is 203 Å². The molecule has 0 aliphatic heterocycles. The first kappa shape index (κ1) is 23.5. The highest BCUT2D eigenvalue weighted by atomic mass is 16.3. The van der Waals surface area contributed by atoms with Gasteiger partial charge >= 0.3 is 0 Å². The molecule has 35 heavy (non-hydrogen) atoms. The van der Waals surface area contributed by atoms with Crippen LogP contribution in [0, 0.1) is 6.92 Å². The van der Waals surface area contributed by atoms with Gasteiger partial charge in [0.2, 0.25) is 35.7 Å². The smallest absolute Gasteiger partial charge is 0.231 e. The number of hydrogen-bond acceptors (Lipinski definition) is 13. The van der Waals surface area contributed by atoms with Crippen LogP contribution in [0.4, 0.5) is 35.7 Å². The maximum Gasteiger partial charge on any atom is 0.231 e. The summed E-state index contributed by atoms with van der Waals surface area (Å²) >= 11 is 0. The van der Waals surface area contributed by atoms with E-state index in [0.717, 1.165) is 22.5 Å². The Balaban J connectivity index is 1.38. The largest absolute Gasteiger partial charge is 0.469 e. The summed E-state index contributed by atoms with van der Waals surface area (Å²) in [6, 6.07) is 1.91. The summed E-state index contributed by atoms with van der Waals surface area (Å²) in [5.74, 6) is 2.37. The zero-order valence-electron chi connectivity index (χ0n) is 19.9. The van der Waals surface area contributed by atoms with Gasteiger partial charge in [0.1, 0.15) is 5.76 Å². The van der Waals surface area contributed by atoms with E-state index in [2.05, 4.69) is 40.2 Å². The molecule has 0 aliphatic rings. The molecule has 0 saturated carbocycles. The van der Waals surface area contributed by atoms with E-state index in [-0.39, 0.29) is 17.8 Å². The number of aromatic amines is 1. The zero-order valence-corrected chi connectivity index (χ0v) is 19.9. The maximum atomic E-state index is 5.93. The van der Waals surface area contributed by atoms with Crippen LogP contribution in [0.25, 0.3) is 0 Å². The molecule has 4 heterocycles. The first-order chi connectivity index (χ1) is 16.8. The highest BCUT2D eigenvalue weighted by Gasteiger charge is 2.15. The van der Waals surface area contributed by atoms with Gasteiger partial charge in [-0.1, -0.05) is 0 Å². The van der Waals surface area contributed by atoms with Crippen LogP contribution in [0.15, 0.2) is 29.1 Å². The van der Waals surface area contributed by atoms with Gasteiger partial charge in [-0.3, -0.25) is 0 Å². The molecular formula is C21H29N13O. The third kappa shape index (κ3) is 5.85. The Morgan fingerprint density at radius 3 is 2.26 bits per heavy atom. The Hall–Kier alpha value is -4.62. The van der Waals surface area contributed by atoms with E-state index in [4.69, 9.17) is 21.6 Å². The summed E-state index contributed by atoms with van der Waals surface area (Å²) in [4.78, 5) is 31.8. The summed E-state index contributed by atoms with van der Waals surface area (Å²) in [7, 11) is 3.73. The Morgan fingerprint density at radius 2 is 1.57 bits per heavy atom. The van der Waals surface area contributed by atoms with Crippen molar-refractivity contribution in [2.24, 2.45) is 0 Å².